The van der Waals surface area contributed by atoms with Crippen LogP contribution in [0.3, 0.4) is 0 Å². The highest BCUT2D eigenvalue weighted by Gasteiger charge is 2.27. The number of hydrogen-bond donors (Lipinski definition) is 0. The Morgan fingerprint density at radius 1 is 1.75 bits per heavy atom. The van der Waals surface area contributed by atoms with Gasteiger partial charge in [-0.1, -0.05) is 0 Å². The fourth-order valence-electron chi connectivity index (χ4n) is 1.16. The maximum Gasteiger partial charge on any atom is 0.164 e. The lowest BCUT2D eigenvalue weighted by Crippen LogP contribution is -1.97. The van der Waals surface area contributed by atoms with E-state index in [4.69, 9.17) is 0 Å². The lowest BCUT2D eigenvalue weighted by Gasteiger charge is -1.98. The Kier molecular flexibility index (Phi) is 1.79. The van der Waals surface area contributed by atoms with Gasteiger partial charge in [-0.3, -0.25) is 9.48 Å². The average Bonchev–Trinajstić information content (AvgIpc) is 2.75. The van der Waals surface area contributed by atoms with Gasteiger partial charge in [0.05, 0.1) is 17.8 Å². The molecule has 0 atom stereocenters. The molecule has 0 aliphatic heterocycles. The van der Waals surface area contributed by atoms with Gasteiger partial charge in [0.1, 0.15) is 4.60 Å². The van der Waals surface area contributed by atoms with Crippen molar-refractivity contribution < 1.29 is 4.79 Å². The summed E-state index contributed by atoms with van der Waals surface area (Å²) in [5, 5.41) is 4.15. The summed E-state index contributed by atoms with van der Waals surface area (Å²) >= 11 is 3.37. The van der Waals surface area contributed by atoms with E-state index in [-0.39, 0.29) is 5.78 Å². The van der Waals surface area contributed by atoms with Gasteiger partial charge in [-0.2, -0.15) is 5.10 Å². The molecule has 0 aromatic carbocycles. The van der Waals surface area contributed by atoms with E-state index in [9.17, 15) is 4.79 Å². The van der Waals surface area contributed by atoms with E-state index in [1.54, 1.807) is 13.1 Å². The first-order chi connectivity index (χ1) is 5.70. The van der Waals surface area contributed by atoms with Gasteiger partial charge in [0.25, 0.3) is 0 Å². The lowest BCUT2D eigenvalue weighted by molar-refractivity contribution is 0.101. The van der Waals surface area contributed by atoms with Crippen LogP contribution < -0.4 is 0 Å². The van der Waals surface area contributed by atoms with Crippen molar-refractivity contribution in [3.8, 4) is 0 Å². The Hall–Kier alpha value is -0.640. The molecule has 1 aromatic rings. The second-order valence-electron chi connectivity index (χ2n) is 3.08. The molecule has 64 valence electrons. The summed E-state index contributed by atoms with van der Waals surface area (Å²) in [7, 11) is 0. The maximum atomic E-state index is 11.0. The van der Waals surface area contributed by atoms with E-state index < -0.39 is 0 Å². The molecule has 0 bridgehead atoms. The average molecular weight is 229 g/mol. The molecule has 3 nitrogen and oxygen atoms in total. The van der Waals surface area contributed by atoms with Crippen LogP contribution in [0.2, 0.25) is 0 Å². The molecule has 12 heavy (non-hydrogen) atoms. The predicted molar refractivity (Wildman–Crippen MR) is 48.2 cm³/mol. The van der Waals surface area contributed by atoms with E-state index >= 15 is 0 Å². The summed E-state index contributed by atoms with van der Waals surface area (Å²) in [6.45, 7) is 1.55. The Labute approximate surface area is 78.9 Å². The van der Waals surface area contributed by atoms with Crippen LogP contribution in [0.1, 0.15) is 36.2 Å². The second kappa shape index (κ2) is 2.69. The van der Waals surface area contributed by atoms with Crippen LogP contribution in [-0.2, 0) is 0 Å². The van der Waals surface area contributed by atoms with Gasteiger partial charge in [0.15, 0.2) is 5.78 Å². The zero-order valence-electron chi connectivity index (χ0n) is 6.75. The van der Waals surface area contributed by atoms with Gasteiger partial charge in [0, 0.05) is 0 Å². The van der Waals surface area contributed by atoms with Gasteiger partial charge in [0.2, 0.25) is 0 Å². The summed E-state index contributed by atoms with van der Waals surface area (Å²) in [5.41, 5.74) is 0.682. The van der Waals surface area contributed by atoms with Gasteiger partial charge in [-0.25, -0.2) is 0 Å². The third-order valence-corrected chi connectivity index (χ3v) is 2.80. The summed E-state index contributed by atoms with van der Waals surface area (Å²) < 4.78 is 2.72. The molecule has 0 radical (unpaired) electrons. The molecule has 1 aliphatic carbocycles. The molecule has 1 aliphatic rings. The summed E-state index contributed by atoms with van der Waals surface area (Å²) in [6, 6.07) is 0.521. The molecule has 0 amide bonds. The topological polar surface area (TPSA) is 34.9 Å². The van der Waals surface area contributed by atoms with Crippen molar-refractivity contribution in [2.24, 2.45) is 0 Å². The highest BCUT2D eigenvalue weighted by Crippen LogP contribution is 2.37. The van der Waals surface area contributed by atoms with Gasteiger partial charge in [-0.15, -0.1) is 0 Å². The SMILES string of the molecule is CC(=O)c1cnn(C2CC2)c1Br. The molecular weight excluding hydrogens is 220 g/mol. The molecule has 0 unspecified atom stereocenters. The Morgan fingerprint density at radius 2 is 2.42 bits per heavy atom. The minimum Gasteiger partial charge on any atom is -0.294 e. The summed E-state index contributed by atoms with van der Waals surface area (Å²) in [4.78, 5) is 11.0. The predicted octanol–water partition coefficient (Wildman–Crippen LogP) is 2.18. The summed E-state index contributed by atoms with van der Waals surface area (Å²) in [5.74, 6) is 0.0637. The van der Waals surface area contributed by atoms with Crippen LogP contribution in [0, 0.1) is 0 Å². The zero-order chi connectivity index (χ0) is 8.72. The summed E-state index contributed by atoms with van der Waals surface area (Å²) in [6.07, 6.45) is 3.99. The van der Waals surface area contributed by atoms with E-state index in [1.807, 2.05) is 4.68 Å². The van der Waals surface area contributed by atoms with Crippen molar-refractivity contribution in [3.63, 3.8) is 0 Å². The van der Waals surface area contributed by atoms with Crippen LogP contribution >= 0.6 is 15.9 Å². The quantitative estimate of drug-likeness (QED) is 0.728. The number of ketones is 1. The Morgan fingerprint density at radius 3 is 2.83 bits per heavy atom. The smallest absolute Gasteiger partial charge is 0.164 e. The molecule has 1 heterocycles. The number of halogens is 1. The van der Waals surface area contributed by atoms with Gasteiger partial charge in [-0.05, 0) is 35.7 Å². The Bertz CT molecular complexity index is 328. The highest BCUT2D eigenvalue weighted by molar-refractivity contribution is 9.10. The molecule has 0 spiro atoms. The van der Waals surface area contributed by atoms with Gasteiger partial charge < -0.3 is 0 Å². The molecule has 0 N–H and O–H groups in total. The zero-order valence-corrected chi connectivity index (χ0v) is 8.34. The van der Waals surface area contributed by atoms with Crippen LogP contribution in [0.25, 0.3) is 0 Å². The van der Waals surface area contributed by atoms with Crippen molar-refractivity contribution in [1.82, 2.24) is 9.78 Å². The fourth-order valence-corrected chi connectivity index (χ4v) is 1.92. The number of rotatable bonds is 2. The van der Waals surface area contributed by atoms with Crippen molar-refractivity contribution in [1.29, 1.82) is 0 Å². The lowest BCUT2D eigenvalue weighted by atomic mass is 10.3. The first-order valence-corrected chi connectivity index (χ1v) is 4.73. The largest absolute Gasteiger partial charge is 0.294 e. The number of hydrogen-bond acceptors (Lipinski definition) is 2. The minimum absolute atomic E-state index is 0.0637. The number of aromatic nitrogens is 2. The minimum atomic E-state index is 0.0637. The maximum absolute atomic E-state index is 11.0. The first-order valence-electron chi connectivity index (χ1n) is 3.94. The van der Waals surface area contributed by atoms with E-state index in [0.29, 0.717) is 11.6 Å². The van der Waals surface area contributed by atoms with Crippen LogP contribution in [-0.4, -0.2) is 15.6 Å². The van der Waals surface area contributed by atoms with E-state index in [1.165, 1.54) is 12.8 Å². The van der Waals surface area contributed by atoms with Gasteiger partial charge >= 0.3 is 0 Å². The first kappa shape index (κ1) is 7.98. The normalized spacial score (nSPS) is 16.5. The van der Waals surface area contributed by atoms with E-state index in [2.05, 4.69) is 21.0 Å². The van der Waals surface area contributed by atoms with E-state index in [0.717, 1.165) is 4.60 Å². The third kappa shape index (κ3) is 1.20. The number of Topliss-reactive ketones (excluding diaryl/α,β-unsaturated/α-hetero) is 1. The number of carbonyl (C=O) groups excluding carboxylic acids is 1. The Balaban J connectivity index is 2.39. The van der Waals surface area contributed by atoms with Crippen LogP contribution in [0.4, 0.5) is 0 Å². The molecule has 1 aromatic heterocycles. The highest BCUT2D eigenvalue weighted by atomic mass is 79.9. The second-order valence-corrected chi connectivity index (χ2v) is 3.83. The molecule has 2 rings (SSSR count). The third-order valence-electron chi connectivity index (χ3n) is 2.01. The van der Waals surface area contributed by atoms with Crippen molar-refractivity contribution >= 4 is 21.7 Å². The monoisotopic (exact) mass is 228 g/mol. The molecular formula is C8H9BrN2O. The standard InChI is InChI=1S/C8H9BrN2O/c1-5(12)7-4-10-11(8(7)9)6-2-3-6/h4,6H,2-3H2,1H3. The molecule has 4 heteroatoms. The van der Waals surface area contributed by atoms with Crippen LogP contribution in [0.15, 0.2) is 10.8 Å². The molecule has 0 saturated heterocycles. The van der Waals surface area contributed by atoms with Crippen LogP contribution in [0.5, 0.6) is 0 Å². The number of nitrogens with zero attached hydrogens (tertiary/aromatic N) is 2. The van der Waals surface area contributed by atoms with Crippen molar-refractivity contribution in [2.75, 3.05) is 0 Å². The van der Waals surface area contributed by atoms with Crippen molar-refractivity contribution in [2.45, 2.75) is 25.8 Å². The fraction of sp³-hybridized carbons (Fsp3) is 0.500. The number of carbonyl (C=O) groups is 1. The molecule has 1 saturated carbocycles. The van der Waals surface area contributed by atoms with Crippen molar-refractivity contribution in [3.05, 3.63) is 16.4 Å². The molecule has 1 fully saturated rings.